The van der Waals surface area contributed by atoms with E-state index in [2.05, 4.69) is 46.9 Å². The number of aliphatic hydroxyl groups excluding tert-OH is 1. The average Bonchev–Trinajstić information content (AvgIpc) is 3.67. The first-order chi connectivity index (χ1) is 25.4. The van der Waals surface area contributed by atoms with E-state index in [1.54, 1.807) is 27.7 Å². The van der Waals surface area contributed by atoms with Crippen molar-refractivity contribution in [1.82, 2.24) is 5.32 Å². The predicted molar refractivity (Wildman–Crippen MR) is 213 cm³/mol. The van der Waals surface area contributed by atoms with Gasteiger partial charge in [0.2, 0.25) is 0 Å². The van der Waals surface area contributed by atoms with Crippen molar-refractivity contribution in [3.05, 3.63) is 35.9 Å². The number of ether oxygens (including phenoxy) is 4. The lowest BCUT2D eigenvalue weighted by Gasteiger charge is -2.70. The summed E-state index contributed by atoms with van der Waals surface area (Å²) in [6.45, 7) is 25.4. The van der Waals surface area contributed by atoms with Gasteiger partial charge in [0.05, 0.1) is 36.1 Å². The number of carbonyl (C=O) groups excluding carboxylic acids is 2. The molecule has 0 bridgehead atoms. The summed E-state index contributed by atoms with van der Waals surface area (Å²) in [6.07, 6.45) is 5.99. The van der Waals surface area contributed by atoms with E-state index in [0.717, 1.165) is 56.9 Å². The molecule has 13 atom stereocenters. The lowest BCUT2D eigenvalue weighted by molar-refractivity contribution is -0.251. The van der Waals surface area contributed by atoms with Gasteiger partial charge in [0.1, 0.15) is 11.7 Å². The molecule has 310 valence electrons. The van der Waals surface area contributed by atoms with Gasteiger partial charge in [-0.2, -0.15) is 0 Å². The molecule has 0 aromatic heterocycles. The molecule has 3 N–H and O–H groups in total. The van der Waals surface area contributed by atoms with Crippen LogP contribution in [0.1, 0.15) is 146 Å². The van der Waals surface area contributed by atoms with Crippen LogP contribution in [0.15, 0.2) is 30.3 Å². The van der Waals surface area contributed by atoms with Crippen molar-refractivity contribution in [2.45, 2.75) is 195 Å². The van der Waals surface area contributed by atoms with Crippen LogP contribution >= 0.6 is 0 Å². The number of fused-ring (bicyclic) bond motifs is 5. The summed E-state index contributed by atoms with van der Waals surface area (Å²) in [5.41, 5.74) is -1.41. The largest absolute Gasteiger partial charge is 0.460 e. The summed E-state index contributed by atoms with van der Waals surface area (Å²) in [6, 6.07) is 8.71. The van der Waals surface area contributed by atoms with Crippen molar-refractivity contribution < 1.29 is 38.7 Å². The van der Waals surface area contributed by atoms with Gasteiger partial charge in [0.25, 0.3) is 0 Å². The van der Waals surface area contributed by atoms with Crippen molar-refractivity contribution in [3.63, 3.8) is 0 Å². The first-order valence-electron chi connectivity index (χ1n) is 21.3. The lowest BCUT2D eigenvalue weighted by Crippen LogP contribution is -2.67. The normalized spacial score (nSPS) is 40.9. The maximum Gasteiger partial charge on any atom is 0.408 e. The monoisotopic (exact) mass is 768 g/mol. The number of hydrogen-bond donors (Lipinski definition) is 3. The van der Waals surface area contributed by atoms with E-state index < -0.39 is 41.5 Å². The second kappa shape index (κ2) is 14.6. The van der Waals surface area contributed by atoms with Crippen molar-refractivity contribution in [3.8, 4) is 0 Å². The molecular formula is C46H73NO8. The highest BCUT2D eigenvalue weighted by atomic mass is 16.6. The molecule has 5 fully saturated rings. The molecule has 0 unspecified atom stereocenters. The van der Waals surface area contributed by atoms with Crippen LogP contribution in [0.4, 0.5) is 4.79 Å². The standard InChI is InChI=1S/C46H73NO8/c1-28(52-27-29-16-14-13-15-17-29)37(47-39(50)55-40(2,3)4)38(49)53-34-20-22-43(9)32(41(34,5)6)19-24-44(10)33(43)26-31(48)36-30(18-23-45(36,44)11)46(12)25-21-35(54-46)42(7,8)51/h13-17,28,30-37,48,51H,18-27H2,1-12H3,(H,47,50)/t28-,30+,31-,32+,33-,34+,35+,36+,37+,43+,44-,45-,46+/m1/s1. The molecule has 1 saturated heterocycles. The van der Waals surface area contributed by atoms with Gasteiger partial charge in [0.15, 0.2) is 6.04 Å². The summed E-state index contributed by atoms with van der Waals surface area (Å²) in [7, 11) is 0. The van der Waals surface area contributed by atoms with Gasteiger partial charge >= 0.3 is 12.1 Å². The maximum absolute atomic E-state index is 14.2. The fraction of sp³-hybridized carbons (Fsp3) is 0.826. The number of nitrogens with one attached hydrogen (secondary N) is 1. The summed E-state index contributed by atoms with van der Waals surface area (Å²) >= 11 is 0. The third-order valence-corrected chi connectivity index (χ3v) is 16.2. The Morgan fingerprint density at radius 3 is 2.16 bits per heavy atom. The van der Waals surface area contributed by atoms with Crippen molar-refractivity contribution in [2.75, 3.05) is 0 Å². The fourth-order valence-corrected chi connectivity index (χ4v) is 13.2. The van der Waals surface area contributed by atoms with Crippen LogP contribution in [0, 0.1) is 45.3 Å². The van der Waals surface area contributed by atoms with Crippen LogP contribution < -0.4 is 5.32 Å². The number of rotatable bonds is 9. The molecule has 1 aliphatic heterocycles. The first-order valence-corrected chi connectivity index (χ1v) is 21.3. The van der Waals surface area contributed by atoms with Gasteiger partial charge in [-0.3, -0.25) is 0 Å². The summed E-state index contributed by atoms with van der Waals surface area (Å²) in [5, 5.41) is 25.9. The molecule has 55 heavy (non-hydrogen) atoms. The quantitative estimate of drug-likeness (QED) is 0.213. The van der Waals surface area contributed by atoms with Gasteiger partial charge in [-0.25, -0.2) is 9.59 Å². The van der Waals surface area contributed by atoms with Crippen LogP contribution in [0.3, 0.4) is 0 Å². The molecule has 1 heterocycles. The third-order valence-electron chi connectivity index (χ3n) is 16.2. The fourth-order valence-electron chi connectivity index (χ4n) is 13.2. The molecule has 5 aliphatic rings. The molecule has 9 nitrogen and oxygen atoms in total. The van der Waals surface area contributed by atoms with Crippen molar-refractivity contribution in [1.29, 1.82) is 0 Å². The Bertz CT molecular complexity index is 1550. The van der Waals surface area contributed by atoms with Crippen LogP contribution in [-0.2, 0) is 30.3 Å². The second-order valence-corrected chi connectivity index (χ2v) is 21.5. The minimum absolute atomic E-state index is 0.0368. The maximum atomic E-state index is 14.2. The number of alkyl carbamates (subject to hydrolysis) is 1. The zero-order chi connectivity index (χ0) is 40.6. The number of benzene rings is 1. The Morgan fingerprint density at radius 2 is 1.55 bits per heavy atom. The highest BCUT2D eigenvalue weighted by Crippen LogP contribution is 2.76. The average molecular weight is 768 g/mol. The minimum Gasteiger partial charge on any atom is -0.460 e. The summed E-state index contributed by atoms with van der Waals surface area (Å²) in [5.74, 6) is 0.477. The molecular weight excluding hydrogens is 695 g/mol. The zero-order valence-corrected chi connectivity index (χ0v) is 36.0. The van der Waals surface area contributed by atoms with Gasteiger partial charge < -0.3 is 34.5 Å². The Labute approximate surface area is 331 Å². The molecule has 6 rings (SSSR count). The van der Waals surface area contributed by atoms with E-state index in [1.807, 2.05) is 44.2 Å². The van der Waals surface area contributed by atoms with E-state index in [0.29, 0.717) is 12.3 Å². The molecule has 1 aromatic rings. The van der Waals surface area contributed by atoms with E-state index in [4.69, 9.17) is 18.9 Å². The van der Waals surface area contributed by atoms with E-state index in [-0.39, 0.29) is 63.8 Å². The Morgan fingerprint density at radius 1 is 0.891 bits per heavy atom. The van der Waals surface area contributed by atoms with Gasteiger partial charge in [-0.1, -0.05) is 65.0 Å². The van der Waals surface area contributed by atoms with Crippen LogP contribution in [0.25, 0.3) is 0 Å². The van der Waals surface area contributed by atoms with Gasteiger partial charge in [0, 0.05) is 5.41 Å². The van der Waals surface area contributed by atoms with Gasteiger partial charge in [-0.05, 0) is 152 Å². The molecule has 1 amide bonds. The number of esters is 1. The Kier molecular flexibility index (Phi) is 11.2. The van der Waals surface area contributed by atoms with E-state index >= 15 is 0 Å². The molecule has 4 aliphatic carbocycles. The SMILES string of the molecule is C[C@@H](OCc1ccccc1)[C@H](NC(=O)OC(C)(C)C)C(=O)O[C@H]1CC[C@]2(C)[C@H]3C[C@@H](O)[C@@H]4[C@@H]([C@]5(C)CC[C@@H](C(C)(C)O)O5)CC[C@@]4(C)[C@]3(C)CC[C@H]2C1(C)C. The van der Waals surface area contributed by atoms with Gasteiger partial charge in [-0.15, -0.1) is 0 Å². The second-order valence-electron chi connectivity index (χ2n) is 21.5. The predicted octanol–water partition coefficient (Wildman–Crippen LogP) is 8.76. The minimum atomic E-state index is -1.05. The van der Waals surface area contributed by atoms with E-state index in [1.165, 1.54) is 0 Å². The summed E-state index contributed by atoms with van der Waals surface area (Å²) in [4.78, 5) is 27.2. The van der Waals surface area contributed by atoms with Crippen LogP contribution in [0.2, 0.25) is 0 Å². The lowest BCUT2D eigenvalue weighted by atomic mass is 9.35. The Hall–Kier alpha value is -2.20. The smallest absolute Gasteiger partial charge is 0.408 e. The molecule has 1 aromatic carbocycles. The topological polar surface area (TPSA) is 124 Å². The highest BCUT2D eigenvalue weighted by molar-refractivity contribution is 5.82. The Balaban J connectivity index is 1.19. The number of carbonyl (C=O) groups is 2. The highest BCUT2D eigenvalue weighted by Gasteiger charge is 2.72. The van der Waals surface area contributed by atoms with Crippen LogP contribution in [-0.4, -0.2) is 69.5 Å². The molecule has 0 spiro atoms. The number of hydrogen-bond acceptors (Lipinski definition) is 8. The third kappa shape index (κ3) is 7.62. The summed E-state index contributed by atoms with van der Waals surface area (Å²) < 4.78 is 25.0. The zero-order valence-electron chi connectivity index (χ0n) is 36.0. The molecule has 9 heteroatoms. The molecule has 4 saturated carbocycles. The first kappa shape index (κ1) is 42.4. The van der Waals surface area contributed by atoms with E-state index in [9.17, 15) is 19.8 Å². The van der Waals surface area contributed by atoms with Crippen molar-refractivity contribution >= 4 is 12.1 Å². The number of amides is 1. The number of aliphatic hydroxyl groups is 2. The van der Waals surface area contributed by atoms with Crippen molar-refractivity contribution in [2.24, 2.45) is 45.3 Å². The molecule has 0 radical (unpaired) electrons. The van der Waals surface area contributed by atoms with Crippen LogP contribution in [0.5, 0.6) is 0 Å².